The van der Waals surface area contributed by atoms with E-state index < -0.39 is 10.0 Å². The molecule has 0 bridgehead atoms. The highest BCUT2D eigenvalue weighted by atomic mass is 79.9. The van der Waals surface area contributed by atoms with Gasteiger partial charge in [0, 0.05) is 13.6 Å². The van der Waals surface area contributed by atoms with Gasteiger partial charge in [0.2, 0.25) is 10.0 Å². The highest BCUT2D eigenvalue weighted by Gasteiger charge is 2.18. The molecular formula is C11H14BrNO4S. The van der Waals surface area contributed by atoms with Gasteiger partial charge < -0.3 is 9.47 Å². The molecule has 2 rings (SSSR count). The predicted octanol–water partition coefficient (Wildman–Crippen LogP) is 1.57. The van der Waals surface area contributed by atoms with Crippen molar-refractivity contribution in [2.45, 2.75) is 6.54 Å². The third-order valence-corrected chi connectivity index (χ3v) is 5.71. The summed E-state index contributed by atoms with van der Waals surface area (Å²) in [7, 11) is -1.69. The molecular weight excluding hydrogens is 322 g/mol. The van der Waals surface area contributed by atoms with E-state index in [2.05, 4.69) is 15.9 Å². The van der Waals surface area contributed by atoms with Crippen LogP contribution in [0.2, 0.25) is 0 Å². The van der Waals surface area contributed by atoms with Crippen molar-refractivity contribution in [3.05, 3.63) is 23.8 Å². The number of benzene rings is 1. The maximum Gasteiger partial charge on any atom is 0.224 e. The number of halogens is 1. The number of rotatable bonds is 4. The third-order valence-electron chi connectivity index (χ3n) is 2.62. The lowest BCUT2D eigenvalue weighted by atomic mass is 10.2. The van der Waals surface area contributed by atoms with Crippen LogP contribution in [0.3, 0.4) is 0 Å². The van der Waals surface area contributed by atoms with Gasteiger partial charge in [-0.25, -0.2) is 8.42 Å². The lowest BCUT2D eigenvalue weighted by molar-refractivity contribution is 0.171. The minimum atomic E-state index is -3.24. The minimum absolute atomic E-state index is 0.0823. The summed E-state index contributed by atoms with van der Waals surface area (Å²) in [6.45, 7) is 1.38. The summed E-state index contributed by atoms with van der Waals surface area (Å²) < 4.78 is 35.3. The lowest BCUT2D eigenvalue weighted by Crippen LogP contribution is -2.27. The molecule has 18 heavy (non-hydrogen) atoms. The molecule has 0 N–H and O–H groups in total. The molecule has 5 nitrogen and oxygen atoms in total. The van der Waals surface area contributed by atoms with Gasteiger partial charge >= 0.3 is 0 Å². The van der Waals surface area contributed by atoms with Crippen LogP contribution in [0.15, 0.2) is 18.2 Å². The van der Waals surface area contributed by atoms with Crippen molar-refractivity contribution in [1.82, 2.24) is 4.31 Å². The summed E-state index contributed by atoms with van der Waals surface area (Å²) in [6.07, 6.45) is 0. The van der Waals surface area contributed by atoms with E-state index in [0.717, 1.165) is 5.56 Å². The van der Waals surface area contributed by atoms with Gasteiger partial charge in [-0.15, -0.1) is 0 Å². The van der Waals surface area contributed by atoms with E-state index in [1.54, 1.807) is 13.1 Å². The van der Waals surface area contributed by atoms with Gasteiger partial charge in [0.25, 0.3) is 0 Å². The zero-order valence-corrected chi connectivity index (χ0v) is 12.3. The van der Waals surface area contributed by atoms with E-state index in [1.807, 2.05) is 12.1 Å². The number of alkyl halides is 1. The SMILES string of the molecule is CN(Cc1ccc2c(c1)OCCO2)S(=O)(=O)CBr. The van der Waals surface area contributed by atoms with Gasteiger partial charge in [-0.1, -0.05) is 22.0 Å². The van der Waals surface area contributed by atoms with E-state index in [1.165, 1.54) is 4.31 Å². The van der Waals surface area contributed by atoms with E-state index in [-0.39, 0.29) is 4.66 Å². The average Bonchev–Trinajstić information content (AvgIpc) is 2.38. The molecule has 0 aliphatic carbocycles. The normalized spacial score (nSPS) is 14.8. The van der Waals surface area contributed by atoms with Crippen LogP contribution < -0.4 is 9.47 Å². The zero-order valence-electron chi connectivity index (χ0n) is 9.93. The Bertz CT molecular complexity index is 532. The molecule has 0 radical (unpaired) electrons. The van der Waals surface area contributed by atoms with Crippen molar-refractivity contribution in [2.24, 2.45) is 0 Å². The molecule has 0 unspecified atom stereocenters. The van der Waals surface area contributed by atoms with E-state index >= 15 is 0 Å². The monoisotopic (exact) mass is 335 g/mol. The molecule has 1 aliphatic rings. The Morgan fingerprint density at radius 3 is 2.61 bits per heavy atom. The number of sulfonamides is 1. The summed E-state index contributed by atoms with van der Waals surface area (Å²) in [6, 6.07) is 5.46. The second kappa shape index (κ2) is 5.46. The van der Waals surface area contributed by atoms with E-state index in [9.17, 15) is 8.42 Å². The van der Waals surface area contributed by atoms with Crippen molar-refractivity contribution in [1.29, 1.82) is 0 Å². The molecule has 0 atom stereocenters. The molecule has 100 valence electrons. The Kier molecular flexibility index (Phi) is 4.14. The van der Waals surface area contributed by atoms with Crippen LogP contribution in [0.5, 0.6) is 11.5 Å². The number of hydrogen-bond acceptors (Lipinski definition) is 4. The van der Waals surface area contributed by atoms with Crippen molar-refractivity contribution >= 4 is 26.0 Å². The summed E-state index contributed by atoms with van der Waals surface area (Å²) in [4.78, 5) is 0. The molecule has 1 aromatic carbocycles. The van der Waals surface area contributed by atoms with Crippen LogP contribution in [0, 0.1) is 0 Å². The number of fused-ring (bicyclic) bond motifs is 1. The van der Waals surface area contributed by atoms with Gasteiger partial charge in [0.15, 0.2) is 11.5 Å². The topological polar surface area (TPSA) is 55.8 Å². The Labute approximate surface area is 115 Å². The largest absolute Gasteiger partial charge is 0.486 e. The van der Waals surface area contributed by atoms with Crippen molar-refractivity contribution in [3.63, 3.8) is 0 Å². The first-order valence-corrected chi connectivity index (χ1v) is 8.14. The molecule has 1 aliphatic heterocycles. The number of hydrogen-bond donors (Lipinski definition) is 0. The Hall–Kier alpha value is -0.790. The molecule has 0 saturated heterocycles. The van der Waals surface area contributed by atoms with Gasteiger partial charge in [0.1, 0.15) is 17.9 Å². The smallest absolute Gasteiger partial charge is 0.224 e. The van der Waals surface area contributed by atoms with Crippen molar-refractivity contribution < 1.29 is 17.9 Å². The Morgan fingerprint density at radius 1 is 1.28 bits per heavy atom. The molecule has 1 aromatic rings. The second-order valence-corrected chi connectivity index (χ2v) is 7.33. The first-order valence-electron chi connectivity index (χ1n) is 5.41. The average molecular weight is 336 g/mol. The van der Waals surface area contributed by atoms with Crippen LogP contribution in [-0.4, -0.2) is 37.6 Å². The molecule has 0 aromatic heterocycles. The van der Waals surface area contributed by atoms with Gasteiger partial charge in [-0.05, 0) is 17.7 Å². The van der Waals surface area contributed by atoms with Gasteiger partial charge in [-0.2, -0.15) is 4.31 Å². The first kappa shape index (κ1) is 13.6. The fourth-order valence-electron chi connectivity index (χ4n) is 1.62. The number of nitrogens with zero attached hydrogens (tertiary/aromatic N) is 1. The first-order chi connectivity index (χ1) is 8.53. The third kappa shape index (κ3) is 2.96. The summed E-state index contributed by atoms with van der Waals surface area (Å²) in [5.74, 6) is 1.37. The Balaban J connectivity index is 2.15. The number of ether oxygens (including phenoxy) is 2. The van der Waals surface area contributed by atoms with Crippen LogP contribution >= 0.6 is 15.9 Å². The predicted molar refractivity (Wildman–Crippen MR) is 71.6 cm³/mol. The zero-order chi connectivity index (χ0) is 13.2. The van der Waals surface area contributed by atoms with Crippen molar-refractivity contribution in [3.8, 4) is 11.5 Å². The molecule has 0 spiro atoms. The van der Waals surface area contributed by atoms with E-state index in [0.29, 0.717) is 31.3 Å². The maximum absolute atomic E-state index is 11.6. The summed E-state index contributed by atoms with van der Waals surface area (Å²) in [5.41, 5.74) is 0.867. The van der Waals surface area contributed by atoms with Crippen LogP contribution in [0.25, 0.3) is 0 Å². The summed E-state index contributed by atoms with van der Waals surface area (Å²) >= 11 is 2.97. The van der Waals surface area contributed by atoms with Gasteiger partial charge in [-0.3, -0.25) is 0 Å². The minimum Gasteiger partial charge on any atom is -0.486 e. The van der Waals surface area contributed by atoms with Gasteiger partial charge in [0.05, 0.1) is 0 Å². The fraction of sp³-hybridized carbons (Fsp3) is 0.455. The van der Waals surface area contributed by atoms with Crippen molar-refractivity contribution in [2.75, 3.05) is 24.9 Å². The van der Waals surface area contributed by atoms with E-state index in [4.69, 9.17) is 9.47 Å². The molecule has 0 saturated carbocycles. The standard InChI is InChI=1S/C11H14BrNO4S/c1-13(18(14,15)8-12)7-9-2-3-10-11(6-9)17-5-4-16-10/h2-3,6H,4-5,7-8H2,1H3. The molecule has 1 heterocycles. The highest BCUT2D eigenvalue weighted by Crippen LogP contribution is 2.31. The quantitative estimate of drug-likeness (QED) is 0.784. The van der Waals surface area contributed by atoms with Crippen LogP contribution in [-0.2, 0) is 16.6 Å². The van der Waals surface area contributed by atoms with Crippen LogP contribution in [0.4, 0.5) is 0 Å². The fourth-order valence-corrected chi connectivity index (χ4v) is 3.19. The molecule has 7 heteroatoms. The Morgan fingerprint density at radius 2 is 1.94 bits per heavy atom. The summed E-state index contributed by atoms with van der Waals surface area (Å²) in [5, 5.41) is 0. The molecule has 0 fully saturated rings. The second-order valence-electron chi connectivity index (χ2n) is 3.96. The highest BCUT2D eigenvalue weighted by molar-refractivity contribution is 9.10. The maximum atomic E-state index is 11.6. The lowest BCUT2D eigenvalue weighted by Gasteiger charge is -2.20. The van der Waals surface area contributed by atoms with Crippen LogP contribution in [0.1, 0.15) is 5.56 Å². The molecule has 0 amide bonds.